The van der Waals surface area contributed by atoms with Crippen molar-refractivity contribution < 1.29 is 14.3 Å². The number of halogens is 1. The molecule has 0 unspecified atom stereocenters. The summed E-state index contributed by atoms with van der Waals surface area (Å²) in [7, 11) is 0. The number of piperidine rings is 1. The average Bonchev–Trinajstić information content (AvgIpc) is 3.35. The first-order valence-corrected chi connectivity index (χ1v) is 13.2. The molecule has 2 aromatic carbocycles. The monoisotopic (exact) mass is 563 g/mol. The zero-order chi connectivity index (χ0) is 28.1. The van der Waals surface area contributed by atoms with Crippen molar-refractivity contribution in [2.75, 3.05) is 31.1 Å². The van der Waals surface area contributed by atoms with E-state index in [-0.39, 0.29) is 34.1 Å². The molecule has 2 fully saturated rings. The Labute approximate surface area is 236 Å². The van der Waals surface area contributed by atoms with Gasteiger partial charge in [-0.15, -0.1) is 0 Å². The normalized spacial score (nSPS) is 16.8. The van der Waals surface area contributed by atoms with E-state index in [1.54, 1.807) is 4.90 Å². The van der Waals surface area contributed by atoms with Crippen molar-refractivity contribution in [3.63, 3.8) is 0 Å². The molecule has 12 nitrogen and oxygen atoms in total. The lowest BCUT2D eigenvalue weighted by molar-refractivity contribution is 0.0998. The molecule has 0 radical (unpaired) electrons. The number of likely N-dealkylation sites (tertiary alicyclic amines) is 1. The van der Waals surface area contributed by atoms with Gasteiger partial charge in [0.15, 0.2) is 28.4 Å². The Kier molecular flexibility index (Phi) is 7.87. The number of guanidine groups is 1. The highest BCUT2D eigenvalue weighted by Gasteiger charge is 2.40. The fraction of sp³-hybridized carbons (Fsp3) is 0.296. The van der Waals surface area contributed by atoms with E-state index in [4.69, 9.17) is 27.8 Å². The summed E-state index contributed by atoms with van der Waals surface area (Å²) in [6.45, 7) is 2.53. The highest BCUT2D eigenvalue weighted by Crippen LogP contribution is 2.25. The van der Waals surface area contributed by atoms with Crippen LogP contribution < -0.4 is 32.2 Å². The molecule has 13 heteroatoms. The summed E-state index contributed by atoms with van der Waals surface area (Å²) in [6.07, 6.45) is 1.36. The highest BCUT2D eigenvalue weighted by atomic mass is 35.5. The molecule has 2 saturated heterocycles. The first-order valence-electron chi connectivity index (χ1n) is 12.8. The van der Waals surface area contributed by atoms with Crippen LogP contribution in [0.3, 0.4) is 0 Å². The minimum atomic E-state index is -0.690. The largest absolute Gasteiger partial charge is 0.489 e. The number of hydrogen-bond donors (Lipinski definition) is 5. The maximum absolute atomic E-state index is 12.9. The number of nitrogens with two attached hydrogens (primary N) is 2. The van der Waals surface area contributed by atoms with Crippen molar-refractivity contribution in [3.05, 3.63) is 76.6 Å². The van der Waals surface area contributed by atoms with E-state index < -0.39 is 5.91 Å². The summed E-state index contributed by atoms with van der Waals surface area (Å²) >= 11 is 5.87. The molecule has 1 spiro atoms. The van der Waals surface area contributed by atoms with Gasteiger partial charge >= 0.3 is 11.9 Å². The number of aromatic nitrogens is 2. The van der Waals surface area contributed by atoms with Gasteiger partial charge in [0.05, 0.1) is 5.54 Å². The van der Waals surface area contributed by atoms with E-state index in [1.165, 1.54) is 0 Å². The average molecular weight is 564 g/mol. The fourth-order valence-corrected chi connectivity index (χ4v) is 4.76. The van der Waals surface area contributed by atoms with Crippen molar-refractivity contribution in [2.45, 2.75) is 31.5 Å². The van der Waals surface area contributed by atoms with Crippen LogP contribution in [0.25, 0.3) is 0 Å². The quantitative estimate of drug-likeness (QED) is 0.301. The van der Waals surface area contributed by atoms with Gasteiger partial charge in [0.2, 0.25) is 0 Å². The number of carbonyl (C=O) groups excluding carboxylic acids is 2. The number of anilines is 2. The molecule has 3 amide bonds. The molecule has 0 aliphatic carbocycles. The van der Waals surface area contributed by atoms with Gasteiger partial charge in [0.1, 0.15) is 12.4 Å². The summed E-state index contributed by atoms with van der Waals surface area (Å²) < 4.78 is 5.89. The number of nitrogens with one attached hydrogen (secondary N) is 3. The summed E-state index contributed by atoms with van der Waals surface area (Å²) in [5, 5.41) is 9.30. The minimum Gasteiger partial charge on any atom is -0.489 e. The van der Waals surface area contributed by atoms with Crippen LogP contribution in [-0.2, 0) is 13.2 Å². The molecule has 208 valence electrons. The summed E-state index contributed by atoms with van der Waals surface area (Å²) in [4.78, 5) is 39.0. The number of benzene rings is 2. The van der Waals surface area contributed by atoms with Crippen LogP contribution in [0.5, 0.6) is 5.75 Å². The molecule has 0 bridgehead atoms. The predicted octanol–water partition coefficient (Wildman–Crippen LogP) is 2.31. The Morgan fingerprint density at radius 3 is 2.58 bits per heavy atom. The Bertz CT molecular complexity index is 1430. The molecule has 0 atom stereocenters. The number of rotatable bonds is 6. The summed E-state index contributed by atoms with van der Waals surface area (Å²) in [5.74, 6) is 0.170. The van der Waals surface area contributed by atoms with Gasteiger partial charge < -0.3 is 37.1 Å². The molecule has 3 heterocycles. The van der Waals surface area contributed by atoms with Crippen LogP contribution in [0.1, 0.15) is 34.5 Å². The minimum absolute atomic E-state index is 0.0587. The zero-order valence-electron chi connectivity index (χ0n) is 21.7. The number of carbonyl (C=O) groups is 2. The lowest BCUT2D eigenvalue weighted by atomic mass is 9.89. The number of amides is 3. The van der Waals surface area contributed by atoms with Crippen LogP contribution in [-0.4, -0.2) is 57.9 Å². The Morgan fingerprint density at radius 1 is 1.05 bits per heavy atom. The third-order valence-electron chi connectivity index (χ3n) is 6.90. The molecule has 0 saturated carbocycles. The lowest BCUT2D eigenvalue weighted by Crippen LogP contribution is -2.55. The van der Waals surface area contributed by atoms with Crippen LogP contribution in [0.2, 0.25) is 5.15 Å². The third-order valence-corrected chi connectivity index (χ3v) is 7.17. The van der Waals surface area contributed by atoms with Gasteiger partial charge in [0.25, 0.3) is 0 Å². The molecule has 1 aromatic heterocycles. The Balaban J connectivity index is 1.10. The van der Waals surface area contributed by atoms with Crippen molar-refractivity contribution in [1.82, 2.24) is 30.8 Å². The number of urea groups is 1. The number of hydrogen-bond acceptors (Lipinski definition) is 7. The van der Waals surface area contributed by atoms with Crippen LogP contribution in [0.4, 0.5) is 16.4 Å². The summed E-state index contributed by atoms with van der Waals surface area (Å²) in [5.41, 5.74) is 12.9. The first-order chi connectivity index (χ1) is 19.3. The lowest BCUT2D eigenvalue weighted by Gasteiger charge is -2.38. The number of ether oxygens (including phenoxy) is 1. The van der Waals surface area contributed by atoms with E-state index in [0.29, 0.717) is 51.6 Å². The van der Waals surface area contributed by atoms with Gasteiger partial charge in [0, 0.05) is 26.2 Å². The fourth-order valence-electron chi connectivity index (χ4n) is 4.63. The maximum Gasteiger partial charge on any atom is 0.317 e. The second-order valence-corrected chi connectivity index (χ2v) is 10.1. The van der Waals surface area contributed by atoms with Gasteiger partial charge in [-0.05, 0) is 36.1 Å². The molecular formula is C27H30ClN9O3. The van der Waals surface area contributed by atoms with Gasteiger partial charge in [-0.25, -0.2) is 14.8 Å². The topological polar surface area (TPSA) is 173 Å². The second kappa shape index (κ2) is 11.7. The number of nitrogen functional groups attached to an aromatic ring is 2. The molecule has 2 aliphatic rings. The van der Waals surface area contributed by atoms with Crippen LogP contribution in [0, 0.1) is 0 Å². The maximum atomic E-state index is 12.9. The zero-order valence-corrected chi connectivity index (χ0v) is 22.4. The smallest absolute Gasteiger partial charge is 0.317 e. The van der Waals surface area contributed by atoms with E-state index in [1.807, 2.05) is 54.6 Å². The Morgan fingerprint density at radius 2 is 1.80 bits per heavy atom. The molecule has 40 heavy (non-hydrogen) atoms. The Hall–Kier alpha value is -4.58. The van der Waals surface area contributed by atoms with Gasteiger partial charge in [-0.3, -0.25) is 4.79 Å². The van der Waals surface area contributed by atoms with Crippen molar-refractivity contribution in [1.29, 1.82) is 0 Å². The molecule has 3 aromatic rings. The molecular weight excluding hydrogens is 534 g/mol. The van der Waals surface area contributed by atoms with Crippen LogP contribution in [0.15, 0.2) is 59.6 Å². The predicted molar refractivity (Wildman–Crippen MR) is 152 cm³/mol. The standard InChI is InChI=1S/C27H30ClN9O3/c28-21-23(30)34-22(29)20(33-21)24(38)35-25-32-16-27(36-25)9-11-37(12-10-27)26(39)31-14-18-7-4-8-19(13-18)40-15-17-5-2-1-3-6-17/h1-8,13H,9-12,14-16H2,(H,31,39)(H4,29,30,34)(H2,32,35,36,38). The van der Waals surface area contributed by atoms with E-state index >= 15 is 0 Å². The van der Waals surface area contributed by atoms with E-state index in [2.05, 4.69) is 30.9 Å². The molecule has 2 aliphatic heterocycles. The molecule has 5 rings (SSSR count). The SMILES string of the molecule is Nc1nc(N)c(C(=O)/N=C2\NCC3(CCN(C(=O)NCc4cccc(OCc5ccccc5)c4)CC3)N2)nc1Cl. The van der Waals surface area contributed by atoms with Crippen LogP contribution >= 0.6 is 11.6 Å². The highest BCUT2D eigenvalue weighted by molar-refractivity contribution is 6.31. The van der Waals surface area contributed by atoms with E-state index in [0.717, 1.165) is 16.9 Å². The second-order valence-electron chi connectivity index (χ2n) is 9.73. The van der Waals surface area contributed by atoms with E-state index in [9.17, 15) is 9.59 Å². The number of aliphatic imine (C=N–C) groups is 1. The van der Waals surface area contributed by atoms with Crippen molar-refractivity contribution in [3.8, 4) is 5.75 Å². The van der Waals surface area contributed by atoms with Crippen molar-refractivity contribution in [2.24, 2.45) is 4.99 Å². The number of nitrogens with zero attached hydrogens (tertiary/aromatic N) is 4. The first kappa shape index (κ1) is 27.0. The third kappa shape index (κ3) is 6.34. The summed E-state index contributed by atoms with van der Waals surface area (Å²) in [6, 6.07) is 17.5. The van der Waals surface area contributed by atoms with Crippen molar-refractivity contribution >= 4 is 41.1 Å². The van der Waals surface area contributed by atoms with Gasteiger partial charge in [-0.2, -0.15) is 4.99 Å². The van der Waals surface area contributed by atoms with Gasteiger partial charge in [-0.1, -0.05) is 54.1 Å². The molecule has 7 N–H and O–H groups in total.